The Labute approximate surface area is 187 Å². The molecule has 1 fully saturated rings. The number of hydrogen-bond acceptors (Lipinski definition) is 5. The first-order chi connectivity index (χ1) is 15.2. The normalized spacial score (nSPS) is 15.8. The number of nitrogens with one attached hydrogen (secondary N) is 2. The Kier molecular flexibility index (Phi) is 7.02. The highest BCUT2D eigenvalue weighted by Crippen LogP contribution is 2.23. The van der Waals surface area contributed by atoms with Gasteiger partial charge in [0.2, 0.25) is 5.91 Å². The van der Waals surface area contributed by atoms with E-state index in [1.807, 2.05) is 48.5 Å². The minimum absolute atomic E-state index is 0.0184. The summed E-state index contributed by atoms with van der Waals surface area (Å²) in [6.07, 6.45) is 0.586. The van der Waals surface area contributed by atoms with Gasteiger partial charge in [0.05, 0.1) is 20.3 Å². The van der Waals surface area contributed by atoms with Crippen LogP contribution in [0.1, 0.15) is 37.4 Å². The van der Waals surface area contributed by atoms with Crippen molar-refractivity contribution >= 4 is 17.8 Å². The summed E-state index contributed by atoms with van der Waals surface area (Å²) in [6.45, 7) is 3.31. The van der Waals surface area contributed by atoms with E-state index in [1.165, 1.54) is 0 Å². The maximum Gasteiger partial charge on any atom is 0.325 e. The third-order valence-electron chi connectivity index (χ3n) is 5.46. The van der Waals surface area contributed by atoms with Gasteiger partial charge < -0.3 is 20.1 Å². The van der Waals surface area contributed by atoms with Crippen molar-refractivity contribution in [2.75, 3.05) is 20.8 Å². The zero-order valence-corrected chi connectivity index (χ0v) is 18.8. The number of methoxy groups -OCH3 is 2. The molecular formula is C24H29N3O5. The molecule has 1 saturated heterocycles. The molecule has 2 aromatic carbocycles. The summed E-state index contributed by atoms with van der Waals surface area (Å²) in [5, 5.41) is 5.66. The van der Waals surface area contributed by atoms with Crippen molar-refractivity contribution in [2.24, 2.45) is 0 Å². The number of carbonyl (C=O) groups excluding carboxylic acids is 3. The Morgan fingerprint density at radius 2 is 1.56 bits per heavy atom. The van der Waals surface area contributed by atoms with Gasteiger partial charge in [-0.25, -0.2) is 4.79 Å². The van der Waals surface area contributed by atoms with Crippen LogP contribution in [0.25, 0.3) is 0 Å². The highest BCUT2D eigenvalue weighted by atomic mass is 16.5. The predicted molar refractivity (Wildman–Crippen MR) is 120 cm³/mol. The van der Waals surface area contributed by atoms with Crippen molar-refractivity contribution < 1.29 is 23.9 Å². The number of imide groups is 1. The van der Waals surface area contributed by atoms with Crippen LogP contribution in [0.4, 0.5) is 4.79 Å². The smallest absolute Gasteiger partial charge is 0.325 e. The van der Waals surface area contributed by atoms with Crippen molar-refractivity contribution in [1.29, 1.82) is 0 Å². The molecule has 2 N–H and O–H groups in total. The van der Waals surface area contributed by atoms with E-state index in [9.17, 15) is 14.4 Å². The molecular weight excluding hydrogens is 410 g/mol. The number of benzene rings is 2. The maximum atomic E-state index is 12.7. The lowest BCUT2D eigenvalue weighted by atomic mass is 9.98. The standard InChI is InChI=1S/C24H29N3O5/c1-24(2)22(29)27(23(30)26-24)14-13-21(28)25-20(17-7-11-19(32-4)12-8-17)15-16-5-9-18(31-3)10-6-16/h5-12,20H,13-15H2,1-4H3,(H,25,28)(H,26,30)/t20-/m0/s1. The van der Waals surface area contributed by atoms with Gasteiger partial charge in [-0.05, 0) is 55.7 Å². The molecule has 0 saturated carbocycles. The maximum absolute atomic E-state index is 12.7. The molecule has 1 aliphatic heterocycles. The van der Waals surface area contributed by atoms with Gasteiger partial charge >= 0.3 is 6.03 Å². The number of carbonyl (C=O) groups is 3. The van der Waals surface area contributed by atoms with E-state index in [0.29, 0.717) is 6.42 Å². The fourth-order valence-electron chi connectivity index (χ4n) is 3.59. The monoisotopic (exact) mass is 439 g/mol. The Morgan fingerprint density at radius 3 is 2.06 bits per heavy atom. The van der Waals surface area contributed by atoms with Crippen molar-refractivity contribution in [2.45, 2.75) is 38.3 Å². The van der Waals surface area contributed by atoms with Gasteiger partial charge in [-0.3, -0.25) is 14.5 Å². The predicted octanol–water partition coefficient (Wildman–Crippen LogP) is 2.82. The number of rotatable bonds is 9. The Morgan fingerprint density at radius 1 is 1.00 bits per heavy atom. The third kappa shape index (κ3) is 5.38. The zero-order chi connectivity index (χ0) is 23.3. The number of amides is 4. The first kappa shape index (κ1) is 23.1. The van der Waals surface area contributed by atoms with Crippen molar-refractivity contribution in [1.82, 2.24) is 15.5 Å². The number of ether oxygens (including phenoxy) is 2. The summed E-state index contributed by atoms with van der Waals surface area (Å²) in [7, 11) is 3.21. The summed E-state index contributed by atoms with van der Waals surface area (Å²) in [4.78, 5) is 38.2. The quantitative estimate of drug-likeness (QED) is 0.586. The minimum Gasteiger partial charge on any atom is -0.497 e. The van der Waals surface area contributed by atoms with Gasteiger partial charge in [0.15, 0.2) is 0 Å². The van der Waals surface area contributed by atoms with Crippen LogP contribution < -0.4 is 20.1 Å². The second-order valence-electron chi connectivity index (χ2n) is 8.21. The van der Waals surface area contributed by atoms with E-state index in [0.717, 1.165) is 27.5 Å². The molecule has 0 aromatic heterocycles. The van der Waals surface area contributed by atoms with Crippen LogP contribution >= 0.6 is 0 Å². The molecule has 1 atom stereocenters. The van der Waals surface area contributed by atoms with Gasteiger partial charge in [-0.1, -0.05) is 24.3 Å². The Bertz CT molecular complexity index is 970. The van der Waals surface area contributed by atoms with E-state index in [4.69, 9.17) is 9.47 Å². The van der Waals surface area contributed by atoms with Crippen LogP contribution in [0, 0.1) is 0 Å². The van der Waals surface area contributed by atoms with Crippen LogP contribution in [0.2, 0.25) is 0 Å². The topological polar surface area (TPSA) is 97.0 Å². The lowest BCUT2D eigenvalue weighted by Crippen LogP contribution is -2.41. The number of urea groups is 1. The molecule has 170 valence electrons. The van der Waals surface area contributed by atoms with E-state index in [2.05, 4.69) is 10.6 Å². The van der Waals surface area contributed by atoms with Gasteiger partial charge in [0, 0.05) is 13.0 Å². The fourth-order valence-corrected chi connectivity index (χ4v) is 3.59. The average Bonchev–Trinajstić information content (AvgIpc) is 2.98. The van der Waals surface area contributed by atoms with Crippen molar-refractivity contribution in [3.63, 3.8) is 0 Å². The largest absolute Gasteiger partial charge is 0.497 e. The molecule has 0 spiro atoms. The molecule has 1 aliphatic rings. The van der Waals surface area contributed by atoms with E-state index in [-0.39, 0.29) is 30.8 Å². The van der Waals surface area contributed by atoms with Crippen molar-refractivity contribution in [3.05, 3.63) is 59.7 Å². The van der Waals surface area contributed by atoms with Crippen molar-refractivity contribution in [3.8, 4) is 11.5 Å². The molecule has 32 heavy (non-hydrogen) atoms. The molecule has 1 heterocycles. The summed E-state index contributed by atoms with van der Waals surface area (Å²) in [5.74, 6) is 0.907. The molecule has 8 heteroatoms. The summed E-state index contributed by atoms with van der Waals surface area (Å²) in [5.41, 5.74) is 1.00. The van der Waals surface area contributed by atoms with Crippen LogP contribution in [-0.2, 0) is 16.0 Å². The van der Waals surface area contributed by atoms with E-state index >= 15 is 0 Å². The zero-order valence-electron chi connectivity index (χ0n) is 18.8. The number of hydrogen-bond donors (Lipinski definition) is 2. The van der Waals surface area contributed by atoms with Crippen LogP contribution in [0.5, 0.6) is 11.5 Å². The summed E-state index contributed by atoms with van der Waals surface area (Å²) < 4.78 is 10.4. The third-order valence-corrected chi connectivity index (χ3v) is 5.46. The van der Waals surface area contributed by atoms with E-state index < -0.39 is 11.6 Å². The molecule has 0 aliphatic carbocycles. The van der Waals surface area contributed by atoms with Gasteiger partial charge in [-0.15, -0.1) is 0 Å². The average molecular weight is 440 g/mol. The fraction of sp³-hybridized carbons (Fsp3) is 0.375. The van der Waals surface area contributed by atoms with Crippen LogP contribution in [0.3, 0.4) is 0 Å². The molecule has 8 nitrogen and oxygen atoms in total. The molecule has 2 aromatic rings. The Hall–Kier alpha value is -3.55. The molecule has 0 unspecified atom stereocenters. The first-order valence-electron chi connectivity index (χ1n) is 10.4. The van der Waals surface area contributed by atoms with Gasteiger partial charge in [0.25, 0.3) is 5.91 Å². The minimum atomic E-state index is -0.951. The second-order valence-corrected chi connectivity index (χ2v) is 8.21. The van der Waals surface area contributed by atoms with Crippen LogP contribution in [0.15, 0.2) is 48.5 Å². The lowest BCUT2D eigenvalue weighted by Gasteiger charge is -2.21. The first-order valence-corrected chi connectivity index (χ1v) is 10.4. The second kappa shape index (κ2) is 9.72. The molecule has 3 rings (SSSR count). The molecule has 4 amide bonds. The summed E-state index contributed by atoms with van der Waals surface area (Å²) in [6, 6.07) is 14.4. The van der Waals surface area contributed by atoms with Gasteiger partial charge in [0.1, 0.15) is 17.0 Å². The highest BCUT2D eigenvalue weighted by Gasteiger charge is 2.44. The SMILES string of the molecule is COc1ccc(C[C@H](NC(=O)CCN2C(=O)NC(C)(C)C2=O)c2ccc(OC)cc2)cc1. The van der Waals surface area contributed by atoms with E-state index in [1.54, 1.807) is 28.1 Å². The van der Waals surface area contributed by atoms with Crippen LogP contribution in [-0.4, -0.2) is 49.0 Å². The number of nitrogens with zero attached hydrogens (tertiary/aromatic N) is 1. The molecule has 0 bridgehead atoms. The lowest BCUT2D eigenvalue weighted by molar-refractivity contribution is -0.130. The highest BCUT2D eigenvalue weighted by molar-refractivity contribution is 6.06. The Balaban J connectivity index is 1.70. The molecule has 0 radical (unpaired) electrons. The van der Waals surface area contributed by atoms with Gasteiger partial charge in [-0.2, -0.15) is 0 Å². The summed E-state index contributed by atoms with van der Waals surface area (Å²) >= 11 is 0.